The molecular weight excluding hydrogens is 258 g/mol. The number of quaternary nitrogens is 1. The Balaban J connectivity index is 1.89. The van der Waals surface area contributed by atoms with Crippen LogP contribution in [-0.4, -0.2) is 11.2 Å². The number of piperidine rings is 1. The van der Waals surface area contributed by atoms with Crippen LogP contribution in [0.2, 0.25) is 0 Å². The van der Waals surface area contributed by atoms with Gasteiger partial charge >= 0.3 is 0 Å². The zero-order valence-corrected chi connectivity index (χ0v) is 12.5. The van der Waals surface area contributed by atoms with E-state index in [1.165, 1.54) is 11.1 Å². The van der Waals surface area contributed by atoms with Gasteiger partial charge in [-0.2, -0.15) is 0 Å². The molecule has 3 rings (SSSR count). The van der Waals surface area contributed by atoms with Crippen molar-refractivity contribution < 1.29 is 10.4 Å². The summed E-state index contributed by atoms with van der Waals surface area (Å²) in [4.78, 5) is 0. The fourth-order valence-corrected chi connectivity index (χ4v) is 3.65. The van der Waals surface area contributed by atoms with E-state index in [-0.39, 0.29) is 6.10 Å². The minimum Gasteiger partial charge on any atom is -0.392 e. The molecule has 3 N–H and O–H groups in total. The van der Waals surface area contributed by atoms with Gasteiger partial charge in [0, 0.05) is 23.5 Å². The Morgan fingerprint density at radius 3 is 2.10 bits per heavy atom. The number of aliphatic hydroxyl groups is 1. The second kappa shape index (κ2) is 6.42. The van der Waals surface area contributed by atoms with Gasteiger partial charge in [-0.15, -0.1) is 0 Å². The van der Waals surface area contributed by atoms with Crippen molar-refractivity contribution in [3.8, 4) is 0 Å². The van der Waals surface area contributed by atoms with Gasteiger partial charge in [-0.25, -0.2) is 0 Å². The summed E-state index contributed by atoms with van der Waals surface area (Å²) in [5.74, 6) is 0.326. The third-order valence-electron chi connectivity index (χ3n) is 4.77. The van der Waals surface area contributed by atoms with Crippen LogP contribution in [0.5, 0.6) is 0 Å². The Hall–Kier alpha value is -1.64. The third-order valence-corrected chi connectivity index (χ3v) is 4.77. The highest BCUT2D eigenvalue weighted by atomic mass is 16.3. The largest absolute Gasteiger partial charge is 0.392 e. The summed E-state index contributed by atoms with van der Waals surface area (Å²) in [6.07, 6.45) is 1.63. The molecule has 0 saturated carbocycles. The average Bonchev–Trinajstić information content (AvgIpc) is 2.55. The van der Waals surface area contributed by atoms with Crippen molar-refractivity contribution in [3.05, 3.63) is 71.8 Å². The SMILES string of the molecule is CC[C@@H]1[C@@H](c2ccccc2)[NH2+][C@@H](c2ccccc2)C[C@@H]1O. The van der Waals surface area contributed by atoms with Gasteiger partial charge in [0.15, 0.2) is 0 Å². The van der Waals surface area contributed by atoms with Crippen molar-refractivity contribution in [1.29, 1.82) is 0 Å². The van der Waals surface area contributed by atoms with E-state index in [0.717, 1.165) is 12.8 Å². The topological polar surface area (TPSA) is 36.8 Å². The Morgan fingerprint density at radius 1 is 0.952 bits per heavy atom. The number of nitrogens with two attached hydrogens (primary N) is 1. The van der Waals surface area contributed by atoms with E-state index in [9.17, 15) is 5.11 Å². The molecule has 2 nitrogen and oxygen atoms in total. The number of hydrogen-bond acceptors (Lipinski definition) is 1. The number of hydrogen-bond donors (Lipinski definition) is 2. The molecule has 21 heavy (non-hydrogen) atoms. The molecule has 110 valence electrons. The highest BCUT2D eigenvalue weighted by Gasteiger charge is 2.40. The van der Waals surface area contributed by atoms with Crippen molar-refractivity contribution in [2.75, 3.05) is 0 Å². The lowest BCUT2D eigenvalue weighted by atomic mass is 9.78. The minimum atomic E-state index is -0.226. The Labute approximate surface area is 126 Å². The zero-order valence-electron chi connectivity index (χ0n) is 12.5. The highest BCUT2D eigenvalue weighted by molar-refractivity contribution is 5.21. The van der Waals surface area contributed by atoms with Crippen LogP contribution in [0.3, 0.4) is 0 Å². The van der Waals surface area contributed by atoms with E-state index in [1.807, 2.05) is 6.07 Å². The quantitative estimate of drug-likeness (QED) is 0.892. The molecule has 0 aliphatic carbocycles. The predicted molar refractivity (Wildman–Crippen MR) is 84.7 cm³/mol. The molecule has 1 saturated heterocycles. The van der Waals surface area contributed by atoms with E-state index >= 15 is 0 Å². The van der Waals surface area contributed by atoms with Gasteiger partial charge in [0.1, 0.15) is 12.1 Å². The van der Waals surface area contributed by atoms with Crippen LogP contribution in [0.25, 0.3) is 0 Å². The molecule has 1 fully saturated rings. The molecule has 2 aromatic carbocycles. The van der Waals surface area contributed by atoms with Crippen LogP contribution < -0.4 is 5.32 Å². The molecule has 0 amide bonds. The van der Waals surface area contributed by atoms with Crippen LogP contribution >= 0.6 is 0 Å². The molecule has 1 aliphatic rings. The van der Waals surface area contributed by atoms with Crippen molar-refractivity contribution in [1.82, 2.24) is 0 Å². The summed E-state index contributed by atoms with van der Waals surface area (Å²) >= 11 is 0. The molecule has 2 heteroatoms. The van der Waals surface area contributed by atoms with E-state index in [0.29, 0.717) is 18.0 Å². The molecule has 1 aliphatic heterocycles. The third kappa shape index (κ3) is 3.02. The first-order valence-corrected chi connectivity index (χ1v) is 7.92. The smallest absolute Gasteiger partial charge is 0.117 e. The average molecular weight is 282 g/mol. The first-order valence-electron chi connectivity index (χ1n) is 7.92. The maximum absolute atomic E-state index is 10.6. The van der Waals surface area contributed by atoms with Gasteiger partial charge in [-0.05, 0) is 6.42 Å². The molecule has 0 unspecified atom stereocenters. The first-order chi connectivity index (χ1) is 10.3. The second-order valence-corrected chi connectivity index (χ2v) is 6.02. The molecule has 1 heterocycles. The fourth-order valence-electron chi connectivity index (χ4n) is 3.65. The summed E-state index contributed by atoms with van der Waals surface area (Å²) in [6.45, 7) is 2.18. The van der Waals surface area contributed by atoms with Gasteiger partial charge in [0.25, 0.3) is 0 Å². The van der Waals surface area contributed by atoms with Crippen LogP contribution in [0.15, 0.2) is 60.7 Å². The maximum atomic E-state index is 10.6. The standard InChI is InChI=1S/C19H23NO/c1-2-16-18(21)13-17(14-9-5-3-6-10-14)20-19(16)15-11-7-4-8-12-15/h3-12,16-21H,2,13H2,1H3/p+1/t16-,17+,18-,19+/m0/s1. The summed E-state index contributed by atoms with van der Waals surface area (Å²) in [7, 11) is 0. The monoisotopic (exact) mass is 282 g/mol. The summed E-state index contributed by atoms with van der Waals surface area (Å²) in [6, 6.07) is 21.8. The van der Waals surface area contributed by atoms with Crippen molar-refractivity contribution >= 4 is 0 Å². The molecule has 0 bridgehead atoms. The van der Waals surface area contributed by atoms with Crippen LogP contribution in [0.1, 0.15) is 43.0 Å². The summed E-state index contributed by atoms with van der Waals surface area (Å²) in [5.41, 5.74) is 2.64. The van der Waals surface area contributed by atoms with Gasteiger partial charge < -0.3 is 10.4 Å². The van der Waals surface area contributed by atoms with Crippen LogP contribution in [0, 0.1) is 5.92 Å². The molecular formula is C19H24NO+. The van der Waals surface area contributed by atoms with E-state index in [2.05, 4.69) is 66.8 Å². The first kappa shape index (κ1) is 14.3. The molecule has 0 radical (unpaired) electrons. The minimum absolute atomic E-state index is 0.226. The Bertz CT molecular complexity index is 554. The predicted octanol–water partition coefficient (Wildman–Crippen LogP) is 2.82. The molecule has 0 aromatic heterocycles. The van der Waals surface area contributed by atoms with Gasteiger partial charge in [-0.1, -0.05) is 67.6 Å². The summed E-state index contributed by atoms with van der Waals surface area (Å²) < 4.78 is 0. The van der Waals surface area contributed by atoms with E-state index in [1.54, 1.807) is 0 Å². The van der Waals surface area contributed by atoms with Crippen molar-refractivity contribution in [3.63, 3.8) is 0 Å². The number of rotatable bonds is 3. The van der Waals surface area contributed by atoms with E-state index < -0.39 is 0 Å². The van der Waals surface area contributed by atoms with Gasteiger partial charge in [-0.3, -0.25) is 0 Å². The van der Waals surface area contributed by atoms with Crippen LogP contribution in [0.4, 0.5) is 0 Å². The van der Waals surface area contributed by atoms with E-state index in [4.69, 9.17) is 0 Å². The lowest BCUT2D eigenvalue weighted by molar-refractivity contribution is -0.753. The normalized spacial score (nSPS) is 29.2. The number of benzene rings is 2. The van der Waals surface area contributed by atoms with Crippen molar-refractivity contribution in [2.24, 2.45) is 5.92 Å². The molecule has 2 aromatic rings. The molecule has 4 atom stereocenters. The summed E-state index contributed by atoms with van der Waals surface area (Å²) in [5, 5.41) is 13.1. The highest BCUT2D eigenvalue weighted by Crippen LogP contribution is 2.33. The fraction of sp³-hybridized carbons (Fsp3) is 0.368. The molecule has 0 spiro atoms. The van der Waals surface area contributed by atoms with Gasteiger partial charge in [0.05, 0.1) is 6.10 Å². The Kier molecular flexibility index (Phi) is 4.37. The maximum Gasteiger partial charge on any atom is 0.117 e. The zero-order chi connectivity index (χ0) is 14.7. The Morgan fingerprint density at radius 2 is 1.52 bits per heavy atom. The second-order valence-electron chi connectivity index (χ2n) is 6.02. The van der Waals surface area contributed by atoms with Crippen molar-refractivity contribution in [2.45, 2.75) is 38.0 Å². The lowest BCUT2D eigenvalue weighted by Crippen LogP contribution is -2.90. The number of aliphatic hydroxyl groups excluding tert-OH is 1. The van der Waals surface area contributed by atoms with Crippen LogP contribution in [-0.2, 0) is 0 Å². The van der Waals surface area contributed by atoms with Gasteiger partial charge in [0.2, 0.25) is 0 Å². The lowest BCUT2D eigenvalue weighted by Gasteiger charge is -2.38.